The summed E-state index contributed by atoms with van der Waals surface area (Å²) in [7, 11) is 0. The minimum atomic E-state index is -0.802. The van der Waals surface area contributed by atoms with E-state index in [-0.39, 0.29) is 37.5 Å². The predicted molar refractivity (Wildman–Crippen MR) is 348 cm³/mol. The number of rotatable bonds is 60. The molecule has 1 unspecified atom stereocenters. The Morgan fingerprint density at radius 2 is 0.487 bits per heavy atom. The molecule has 0 bridgehead atoms. The Kier molecular flexibility index (Phi) is 63.8. The summed E-state index contributed by atoms with van der Waals surface area (Å²) in [6.07, 6.45) is 93.6. The molecule has 0 aliphatic rings. The molecular formula is C74H124O6. The summed E-state index contributed by atoms with van der Waals surface area (Å²) in [6, 6.07) is 0. The van der Waals surface area contributed by atoms with Crippen LogP contribution in [0.4, 0.5) is 0 Å². The first-order chi connectivity index (χ1) is 39.5. The highest BCUT2D eigenvalue weighted by Gasteiger charge is 2.19. The maximum atomic E-state index is 12.9. The molecule has 80 heavy (non-hydrogen) atoms. The summed E-state index contributed by atoms with van der Waals surface area (Å²) in [5.41, 5.74) is 0. The van der Waals surface area contributed by atoms with Gasteiger partial charge in [-0.25, -0.2) is 0 Å². The molecule has 0 heterocycles. The Labute approximate surface area is 494 Å². The second-order valence-corrected chi connectivity index (χ2v) is 22.0. The van der Waals surface area contributed by atoms with Gasteiger partial charge in [0.05, 0.1) is 0 Å². The van der Waals surface area contributed by atoms with E-state index >= 15 is 0 Å². The molecule has 0 saturated carbocycles. The van der Waals surface area contributed by atoms with Crippen LogP contribution in [0.2, 0.25) is 0 Å². The normalized spacial score (nSPS) is 12.9. The van der Waals surface area contributed by atoms with Crippen LogP contribution in [0.15, 0.2) is 122 Å². The van der Waals surface area contributed by atoms with Crippen LogP contribution < -0.4 is 0 Å². The van der Waals surface area contributed by atoms with Gasteiger partial charge in [-0.1, -0.05) is 284 Å². The molecule has 0 saturated heterocycles. The topological polar surface area (TPSA) is 78.9 Å². The number of hydrogen-bond donors (Lipinski definition) is 0. The van der Waals surface area contributed by atoms with Crippen molar-refractivity contribution in [2.45, 2.75) is 316 Å². The third-order valence-electron chi connectivity index (χ3n) is 14.2. The molecule has 6 nitrogen and oxygen atoms in total. The standard InChI is InChI=1S/C74H124O6/c1-4-7-10-13-16-19-22-25-28-30-32-33-34-35-36-37-38-39-40-41-43-44-46-49-52-55-58-61-64-67-73(76)79-70-71(69-78-72(75)66-63-60-57-54-51-48-27-24-21-18-15-12-9-6-3)80-74(77)68-65-62-59-56-53-50-47-45-42-31-29-26-23-20-17-14-11-8-5-2/h7-8,10-11,16-17,19-20,24-29,32-33,42,45,50,53,71H,4-6,9,12-15,18,21-23,30-31,34-41,43-44,46-49,51-52,54-70H2,1-3H3/b10-7-,11-8-,19-16-,20-17-,27-24-,28-25-,29-26-,33-32-,45-42-,53-50-. The van der Waals surface area contributed by atoms with Crippen LogP contribution >= 0.6 is 0 Å². The first-order valence-electron chi connectivity index (χ1n) is 33.5. The number of unbranched alkanes of at least 4 members (excludes halogenated alkanes) is 29. The van der Waals surface area contributed by atoms with Crippen LogP contribution in [0.1, 0.15) is 310 Å². The molecule has 0 aromatic rings. The summed E-state index contributed by atoms with van der Waals surface area (Å²) >= 11 is 0. The molecular weight excluding hydrogens is 985 g/mol. The summed E-state index contributed by atoms with van der Waals surface area (Å²) in [6.45, 7) is 6.39. The van der Waals surface area contributed by atoms with E-state index in [1.54, 1.807) is 0 Å². The molecule has 0 rings (SSSR count). The van der Waals surface area contributed by atoms with Crippen molar-refractivity contribution in [2.75, 3.05) is 13.2 Å². The van der Waals surface area contributed by atoms with Gasteiger partial charge < -0.3 is 14.2 Å². The van der Waals surface area contributed by atoms with Crippen molar-refractivity contribution in [3.8, 4) is 0 Å². The first kappa shape index (κ1) is 75.8. The second kappa shape index (κ2) is 67.3. The van der Waals surface area contributed by atoms with Crippen LogP contribution in [-0.4, -0.2) is 37.2 Å². The fourth-order valence-electron chi connectivity index (χ4n) is 9.22. The Balaban J connectivity index is 4.32. The highest BCUT2D eigenvalue weighted by Crippen LogP contribution is 2.16. The zero-order chi connectivity index (χ0) is 57.8. The zero-order valence-electron chi connectivity index (χ0n) is 52.3. The second-order valence-electron chi connectivity index (χ2n) is 22.0. The lowest BCUT2D eigenvalue weighted by atomic mass is 10.0. The van der Waals surface area contributed by atoms with Gasteiger partial charge in [-0.3, -0.25) is 14.4 Å². The Morgan fingerprint density at radius 3 is 0.787 bits per heavy atom. The van der Waals surface area contributed by atoms with E-state index in [4.69, 9.17) is 14.2 Å². The number of hydrogen-bond acceptors (Lipinski definition) is 6. The van der Waals surface area contributed by atoms with E-state index < -0.39 is 6.10 Å². The molecule has 0 amide bonds. The van der Waals surface area contributed by atoms with Gasteiger partial charge in [0.25, 0.3) is 0 Å². The molecule has 0 radical (unpaired) electrons. The average Bonchev–Trinajstić information content (AvgIpc) is 3.46. The molecule has 1 atom stereocenters. The summed E-state index contributed by atoms with van der Waals surface area (Å²) in [5.74, 6) is -0.927. The van der Waals surface area contributed by atoms with Crippen LogP contribution in [0.3, 0.4) is 0 Å². The van der Waals surface area contributed by atoms with E-state index in [2.05, 4.69) is 142 Å². The molecule has 456 valence electrons. The van der Waals surface area contributed by atoms with Gasteiger partial charge in [0.1, 0.15) is 13.2 Å². The number of ether oxygens (including phenoxy) is 3. The molecule has 0 aromatic heterocycles. The third kappa shape index (κ3) is 64.6. The van der Waals surface area contributed by atoms with Gasteiger partial charge in [0.2, 0.25) is 0 Å². The average molecular weight is 1110 g/mol. The van der Waals surface area contributed by atoms with Crippen molar-refractivity contribution in [1.29, 1.82) is 0 Å². The lowest BCUT2D eigenvalue weighted by Gasteiger charge is -2.18. The predicted octanol–water partition coefficient (Wildman–Crippen LogP) is 23.2. The molecule has 0 spiro atoms. The van der Waals surface area contributed by atoms with Crippen LogP contribution in [0, 0.1) is 0 Å². The Morgan fingerprint density at radius 1 is 0.263 bits per heavy atom. The molecule has 0 fully saturated rings. The van der Waals surface area contributed by atoms with Crippen LogP contribution in [0.25, 0.3) is 0 Å². The van der Waals surface area contributed by atoms with E-state index in [0.717, 1.165) is 128 Å². The largest absolute Gasteiger partial charge is 0.462 e. The SMILES string of the molecule is CC/C=C\C/C=C\C/C=C\C/C=C\C/C=C\CCCCCC(=O)OC(COC(=O)CCCCCCC/C=C\CCCCCCC)COC(=O)CCCCCCCCCCCCCCCCCC/C=C\C/C=C\C/C=C\C/C=C\CC. The fraction of sp³-hybridized carbons (Fsp3) is 0.689. The Hall–Kier alpha value is -4.19. The van der Waals surface area contributed by atoms with Crippen molar-refractivity contribution in [3.05, 3.63) is 122 Å². The lowest BCUT2D eigenvalue weighted by Crippen LogP contribution is -2.30. The summed E-state index contributed by atoms with van der Waals surface area (Å²) in [5, 5.41) is 0. The quantitative estimate of drug-likeness (QED) is 0.0261. The monoisotopic (exact) mass is 1110 g/mol. The minimum absolute atomic E-state index is 0.0943. The third-order valence-corrected chi connectivity index (χ3v) is 14.2. The number of carbonyl (C=O) groups is 3. The molecule has 0 aliphatic carbocycles. The van der Waals surface area contributed by atoms with Gasteiger partial charge in [-0.15, -0.1) is 0 Å². The number of allylic oxidation sites excluding steroid dienone is 20. The molecule has 0 aromatic carbocycles. The van der Waals surface area contributed by atoms with E-state index in [9.17, 15) is 14.4 Å². The van der Waals surface area contributed by atoms with E-state index in [1.165, 1.54) is 141 Å². The van der Waals surface area contributed by atoms with E-state index in [1.807, 2.05) is 0 Å². The van der Waals surface area contributed by atoms with Crippen molar-refractivity contribution < 1.29 is 28.6 Å². The summed E-state index contributed by atoms with van der Waals surface area (Å²) in [4.78, 5) is 38.4. The molecule has 0 aliphatic heterocycles. The van der Waals surface area contributed by atoms with Crippen molar-refractivity contribution >= 4 is 17.9 Å². The van der Waals surface area contributed by atoms with E-state index in [0.29, 0.717) is 12.8 Å². The van der Waals surface area contributed by atoms with Gasteiger partial charge in [0.15, 0.2) is 6.10 Å². The van der Waals surface area contributed by atoms with Gasteiger partial charge >= 0.3 is 17.9 Å². The maximum Gasteiger partial charge on any atom is 0.306 e. The minimum Gasteiger partial charge on any atom is -0.462 e. The molecule has 6 heteroatoms. The zero-order valence-corrected chi connectivity index (χ0v) is 52.3. The van der Waals surface area contributed by atoms with Gasteiger partial charge in [-0.05, 0) is 128 Å². The lowest BCUT2D eigenvalue weighted by molar-refractivity contribution is -0.167. The molecule has 0 N–H and O–H groups in total. The summed E-state index contributed by atoms with van der Waals surface area (Å²) < 4.78 is 16.9. The van der Waals surface area contributed by atoms with Crippen molar-refractivity contribution in [2.24, 2.45) is 0 Å². The maximum absolute atomic E-state index is 12.9. The number of esters is 3. The first-order valence-corrected chi connectivity index (χ1v) is 33.5. The van der Waals surface area contributed by atoms with Gasteiger partial charge in [0, 0.05) is 19.3 Å². The highest BCUT2D eigenvalue weighted by molar-refractivity contribution is 5.71. The van der Waals surface area contributed by atoms with Gasteiger partial charge in [-0.2, -0.15) is 0 Å². The van der Waals surface area contributed by atoms with Crippen LogP contribution in [0.5, 0.6) is 0 Å². The smallest absolute Gasteiger partial charge is 0.306 e. The fourth-order valence-corrected chi connectivity index (χ4v) is 9.22. The van der Waals surface area contributed by atoms with Crippen molar-refractivity contribution in [1.82, 2.24) is 0 Å². The Bertz CT molecular complexity index is 1650. The van der Waals surface area contributed by atoms with Crippen LogP contribution in [-0.2, 0) is 28.6 Å². The van der Waals surface area contributed by atoms with Crippen molar-refractivity contribution in [3.63, 3.8) is 0 Å². The highest BCUT2D eigenvalue weighted by atomic mass is 16.6. The number of carbonyl (C=O) groups excluding carboxylic acids is 3.